The fourth-order valence-electron chi connectivity index (χ4n) is 0.513. The average molecular weight is 172 g/mol. The summed E-state index contributed by atoms with van der Waals surface area (Å²) in [7, 11) is 0. The van der Waals surface area contributed by atoms with E-state index in [4.69, 9.17) is 0 Å². The van der Waals surface area contributed by atoms with Crippen molar-refractivity contribution >= 4 is 18.0 Å². The molecule has 0 aliphatic rings. The van der Waals surface area contributed by atoms with Crippen LogP contribution in [0, 0.1) is 5.41 Å². The summed E-state index contributed by atoms with van der Waals surface area (Å²) in [6, 6.07) is 0. The van der Waals surface area contributed by atoms with Gasteiger partial charge in [0.2, 0.25) is 5.78 Å². The van der Waals surface area contributed by atoms with Gasteiger partial charge in [0.05, 0.1) is 5.41 Å². The third kappa shape index (κ3) is 3.27. The van der Waals surface area contributed by atoms with Gasteiger partial charge in [-0.3, -0.25) is 14.4 Å². The van der Waals surface area contributed by atoms with E-state index in [9.17, 15) is 14.4 Å². The molecule has 0 atom stereocenters. The lowest BCUT2D eigenvalue weighted by Gasteiger charge is -2.18. The largest absolute Gasteiger partial charge is 0.465 e. The minimum atomic E-state index is -0.909. The molecule has 0 aromatic rings. The lowest BCUT2D eigenvalue weighted by Crippen LogP contribution is -2.31. The van der Waals surface area contributed by atoms with Gasteiger partial charge < -0.3 is 4.74 Å². The van der Waals surface area contributed by atoms with E-state index in [1.54, 1.807) is 13.8 Å². The van der Waals surface area contributed by atoms with E-state index >= 15 is 0 Å². The van der Waals surface area contributed by atoms with Crippen LogP contribution in [0.2, 0.25) is 0 Å². The van der Waals surface area contributed by atoms with Crippen LogP contribution < -0.4 is 0 Å². The van der Waals surface area contributed by atoms with Crippen LogP contribution >= 0.6 is 0 Å². The van der Waals surface area contributed by atoms with Gasteiger partial charge in [0.15, 0.2) is 6.29 Å². The van der Waals surface area contributed by atoms with Crippen molar-refractivity contribution < 1.29 is 19.1 Å². The lowest BCUT2D eigenvalue weighted by molar-refractivity contribution is -0.148. The van der Waals surface area contributed by atoms with Crippen molar-refractivity contribution in [2.24, 2.45) is 5.41 Å². The van der Waals surface area contributed by atoms with Crippen molar-refractivity contribution in [3.63, 3.8) is 0 Å². The summed E-state index contributed by atoms with van der Waals surface area (Å²) in [5, 5.41) is 0. The number of rotatable bonds is 4. The molecule has 4 nitrogen and oxygen atoms in total. The maximum atomic E-state index is 10.9. The van der Waals surface area contributed by atoms with Gasteiger partial charge in [0.1, 0.15) is 6.61 Å². The predicted molar refractivity (Wildman–Crippen MR) is 41.5 cm³/mol. The Labute approximate surface area is 70.9 Å². The molecule has 0 amide bonds. The van der Waals surface area contributed by atoms with Crippen LogP contribution in [0.15, 0.2) is 0 Å². The monoisotopic (exact) mass is 172 g/mol. The average Bonchev–Trinajstić information content (AvgIpc) is 1.99. The highest BCUT2D eigenvalue weighted by Crippen LogP contribution is 2.15. The molecular weight excluding hydrogens is 160 g/mol. The molecule has 0 fully saturated rings. The molecule has 68 valence electrons. The zero-order chi connectivity index (χ0) is 9.78. The Kier molecular flexibility index (Phi) is 3.60. The molecule has 0 rings (SSSR count). The number of Topliss-reactive ketones (excluding diaryl/α,β-unsaturated/α-hetero) is 1. The van der Waals surface area contributed by atoms with Crippen molar-refractivity contribution in [1.82, 2.24) is 0 Å². The molecule has 12 heavy (non-hydrogen) atoms. The number of hydrogen-bond donors (Lipinski definition) is 0. The Morgan fingerprint density at radius 1 is 1.42 bits per heavy atom. The molecule has 0 aromatic heterocycles. The first-order chi connectivity index (χ1) is 5.40. The zero-order valence-corrected chi connectivity index (χ0v) is 7.42. The van der Waals surface area contributed by atoms with Crippen LogP contribution in [0.4, 0.5) is 0 Å². The van der Waals surface area contributed by atoms with Gasteiger partial charge in [-0.25, -0.2) is 0 Å². The van der Waals surface area contributed by atoms with Crippen LogP contribution in [0.25, 0.3) is 0 Å². The number of ether oxygens (including phenoxy) is 1. The third-order valence-corrected chi connectivity index (χ3v) is 1.41. The van der Waals surface area contributed by atoms with Crippen molar-refractivity contribution in [3.05, 3.63) is 0 Å². The lowest BCUT2D eigenvalue weighted by atomic mass is 9.90. The van der Waals surface area contributed by atoms with Crippen LogP contribution in [0.3, 0.4) is 0 Å². The summed E-state index contributed by atoms with van der Waals surface area (Å²) in [6.45, 7) is 4.29. The van der Waals surface area contributed by atoms with Gasteiger partial charge in [-0.05, 0) is 13.8 Å². The van der Waals surface area contributed by atoms with E-state index in [0.717, 1.165) is 0 Å². The number of esters is 1. The Morgan fingerprint density at radius 2 is 1.92 bits per heavy atom. The van der Waals surface area contributed by atoms with Gasteiger partial charge in [0, 0.05) is 6.92 Å². The zero-order valence-electron chi connectivity index (χ0n) is 7.42. The number of ketones is 1. The fraction of sp³-hybridized carbons (Fsp3) is 0.625. The van der Waals surface area contributed by atoms with Gasteiger partial charge in [-0.2, -0.15) is 0 Å². The Balaban J connectivity index is 4.12. The molecule has 0 heterocycles. The van der Waals surface area contributed by atoms with Crippen LogP contribution in [-0.4, -0.2) is 24.6 Å². The van der Waals surface area contributed by atoms with Crippen LogP contribution in [0.1, 0.15) is 20.8 Å². The first kappa shape index (κ1) is 10.8. The fourth-order valence-corrected chi connectivity index (χ4v) is 0.513. The second-order valence-electron chi connectivity index (χ2n) is 3.15. The maximum absolute atomic E-state index is 10.9. The molecule has 0 unspecified atom stereocenters. The second kappa shape index (κ2) is 3.99. The Morgan fingerprint density at radius 3 is 2.25 bits per heavy atom. The normalized spacial score (nSPS) is 10.6. The van der Waals surface area contributed by atoms with Gasteiger partial charge in [-0.15, -0.1) is 0 Å². The highest BCUT2D eigenvalue weighted by molar-refractivity contribution is 6.27. The van der Waals surface area contributed by atoms with E-state index in [1.807, 2.05) is 0 Å². The molecule has 4 heteroatoms. The SMILES string of the molecule is CC(=O)OCC(C)(C)C(=O)C=O. The molecular formula is C8H12O4. The number of carbonyl (C=O) groups is 3. The quantitative estimate of drug-likeness (QED) is 0.348. The number of hydrogen-bond acceptors (Lipinski definition) is 4. The minimum absolute atomic E-state index is 0.0556. The molecule has 0 radical (unpaired) electrons. The minimum Gasteiger partial charge on any atom is -0.465 e. The Bertz CT molecular complexity index is 205. The van der Waals surface area contributed by atoms with Crippen LogP contribution in [0.5, 0.6) is 0 Å². The van der Waals surface area contributed by atoms with E-state index in [0.29, 0.717) is 0 Å². The molecule has 0 aliphatic carbocycles. The van der Waals surface area contributed by atoms with Crippen LogP contribution in [-0.2, 0) is 19.1 Å². The van der Waals surface area contributed by atoms with Gasteiger partial charge >= 0.3 is 5.97 Å². The summed E-state index contributed by atoms with van der Waals surface area (Å²) in [5.41, 5.74) is -0.909. The van der Waals surface area contributed by atoms with E-state index in [-0.39, 0.29) is 12.9 Å². The topological polar surface area (TPSA) is 60.4 Å². The first-order valence-electron chi connectivity index (χ1n) is 3.53. The molecule has 0 N–H and O–H groups in total. The summed E-state index contributed by atoms with van der Waals surface area (Å²) in [4.78, 5) is 31.4. The summed E-state index contributed by atoms with van der Waals surface area (Å²) >= 11 is 0. The highest BCUT2D eigenvalue weighted by atomic mass is 16.5. The molecule has 0 bridgehead atoms. The number of aldehydes is 1. The highest BCUT2D eigenvalue weighted by Gasteiger charge is 2.28. The molecule has 0 saturated heterocycles. The second-order valence-corrected chi connectivity index (χ2v) is 3.15. The molecule has 0 saturated carbocycles. The molecule has 0 aromatic carbocycles. The molecule has 0 spiro atoms. The maximum Gasteiger partial charge on any atom is 0.302 e. The van der Waals surface area contributed by atoms with E-state index in [1.165, 1.54) is 6.92 Å². The summed E-state index contributed by atoms with van der Waals surface area (Å²) in [6.07, 6.45) is 0.240. The van der Waals surface area contributed by atoms with Crippen molar-refractivity contribution in [1.29, 1.82) is 0 Å². The smallest absolute Gasteiger partial charge is 0.302 e. The third-order valence-electron chi connectivity index (χ3n) is 1.41. The van der Waals surface area contributed by atoms with Crippen molar-refractivity contribution in [3.8, 4) is 0 Å². The summed E-state index contributed by atoms with van der Waals surface area (Å²) < 4.78 is 4.61. The predicted octanol–water partition coefficient (Wildman–Crippen LogP) is 0.344. The molecule has 0 aliphatic heterocycles. The van der Waals surface area contributed by atoms with E-state index in [2.05, 4.69) is 4.74 Å². The van der Waals surface area contributed by atoms with Crippen molar-refractivity contribution in [2.45, 2.75) is 20.8 Å². The van der Waals surface area contributed by atoms with Crippen molar-refractivity contribution in [2.75, 3.05) is 6.61 Å². The standard InChI is InChI=1S/C8H12O4/c1-6(10)12-5-8(2,3)7(11)4-9/h4H,5H2,1-3H3. The summed E-state index contributed by atoms with van der Waals surface area (Å²) in [5.74, 6) is -1.02. The van der Waals surface area contributed by atoms with E-state index < -0.39 is 17.2 Å². The van der Waals surface area contributed by atoms with Gasteiger partial charge in [0.25, 0.3) is 0 Å². The number of carbonyl (C=O) groups excluding carboxylic acids is 3. The van der Waals surface area contributed by atoms with Gasteiger partial charge in [-0.1, -0.05) is 0 Å². The Hall–Kier alpha value is -1.19. The first-order valence-corrected chi connectivity index (χ1v) is 3.53.